The Balaban J connectivity index is 1.36. The van der Waals surface area contributed by atoms with Gasteiger partial charge in [-0.1, -0.05) is 48.2 Å². The fraction of sp³-hybridized carbons (Fsp3) is 0.333. The Bertz CT molecular complexity index is 837. The van der Waals surface area contributed by atoms with E-state index in [4.69, 9.17) is 20.9 Å². The summed E-state index contributed by atoms with van der Waals surface area (Å²) < 4.78 is 11.1. The second kappa shape index (κ2) is 7.92. The van der Waals surface area contributed by atoms with E-state index in [1.807, 2.05) is 24.3 Å². The van der Waals surface area contributed by atoms with Gasteiger partial charge in [-0.05, 0) is 60.7 Å². The summed E-state index contributed by atoms with van der Waals surface area (Å²) in [5.74, 6) is 2.51. The van der Waals surface area contributed by atoms with Crippen LogP contribution in [0.5, 0.6) is 5.75 Å². The lowest BCUT2D eigenvalue weighted by molar-refractivity contribution is 0.243. The Labute approximate surface area is 158 Å². The quantitative estimate of drug-likeness (QED) is 0.552. The van der Waals surface area contributed by atoms with Gasteiger partial charge in [0.25, 0.3) is 5.89 Å². The van der Waals surface area contributed by atoms with Crippen molar-refractivity contribution in [3.05, 3.63) is 65.0 Å². The molecule has 0 radical (unpaired) electrons. The van der Waals surface area contributed by atoms with Gasteiger partial charge in [0.15, 0.2) is 6.61 Å². The van der Waals surface area contributed by atoms with Crippen LogP contribution in [0.4, 0.5) is 0 Å². The third kappa shape index (κ3) is 4.07. The Morgan fingerprint density at radius 1 is 0.962 bits per heavy atom. The highest BCUT2D eigenvalue weighted by atomic mass is 35.5. The molecule has 3 aromatic rings. The molecule has 2 aromatic carbocycles. The largest absolute Gasteiger partial charge is 0.484 e. The SMILES string of the molecule is Clc1ccc(-c2noc(COc3ccc(C4CCCCC4)cc3)n2)cc1. The highest BCUT2D eigenvalue weighted by Crippen LogP contribution is 2.33. The molecule has 0 unspecified atom stereocenters. The highest BCUT2D eigenvalue weighted by molar-refractivity contribution is 6.30. The van der Waals surface area contributed by atoms with Gasteiger partial charge < -0.3 is 9.26 Å². The van der Waals surface area contributed by atoms with Gasteiger partial charge in [-0.25, -0.2) is 0 Å². The van der Waals surface area contributed by atoms with Crippen molar-refractivity contribution in [1.29, 1.82) is 0 Å². The number of nitrogens with zero attached hydrogens (tertiary/aromatic N) is 2. The maximum Gasteiger partial charge on any atom is 0.264 e. The van der Waals surface area contributed by atoms with Crippen LogP contribution < -0.4 is 4.74 Å². The fourth-order valence-corrected chi connectivity index (χ4v) is 3.57. The monoisotopic (exact) mass is 368 g/mol. The van der Waals surface area contributed by atoms with Crippen molar-refractivity contribution in [3.63, 3.8) is 0 Å². The molecule has 5 heteroatoms. The topological polar surface area (TPSA) is 48.2 Å². The molecule has 1 aliphatic carbocycles. The van der Waals surface area contributed by atoms with Gasteiger partial charge in [-0.3, -0.25) is 0 Å². The summed E-state index contributed by atoms with van der Waals surface area (Å²) in [5, 5.41) is 4.67. The van der Waals surface area contributed by atoms with Crippen molar-refractivity contribution in [2.24, 2.45) is 0 Å². The predicted octanol–water partition coefficient (Wildman–Crippen LogP) is 6.02. The van der Waals surface area contributed by atoms with Gasteiger partial charge in [-0.2, -0.15) is 4.98 Å². The minimum Gasteiger partial charge on any atom is -0.484 e. The van der Waals surface area contributed by atoms with Crippen LogP contribution in [0.25, 0.3) is 11.4 Å². The molecule has 0 amide bonds. The first-order valence-corrected chi connectivity index (χ1v) is 9.47. The molecule has 4 nitrogen and oxygen atoms in total. The smallest absolute Gasteiger partial charge is 0.264 e. The molecule has 1 heterocycles. The summed E-state index contributed by atoms with van der Waals surface area (Å²) in [6.07, 6.45) is 6.66. The van der Waals surface area contributed by atoms with Crippen LogP contribution in [0.15, 0.2) is 53.1 Å². The van der Waals surface area contributed by atoms with Crippen LogP contribution in [0.3, 0.4) is 0 Å². The van der Waals surface area contributed by atoms with Crippen LogP contribution in [-0.2, 0) is 6.61 Å². The van der Waals surface area contributed by atoms with Crippen molar-refractivity contribution < 1.29 is 9.26 Å². The molecule has 1 fully saturated rings. The number of rotatable bonds is 5. The summed E-state index contributed by atoms with van der Waals surface area (Å²) in [6.45, 7) is 0.253. The molecule has 1 aromatic heterocycles. The summed E-state index contributed by atoms with van der Waals surface area (Å²) in [6, 6.07) is 15.7. The van der Waals surface area contributed by atoms with Gasteiger partial charge >= 0.3 is 0 Å². The number of halogens is 1. The van der Waals surface area contributed by atoms with Gasteiger partial charge in [0, 0.05) is 10.6 Å². The molecule has 4 rings (SSSR count). The zero-order valence-electron chi connectivity index (χ0n) is 14.5. The molecule has 134 valence electrons. The van der Waals surface area contributed by atoms with Gasteiger partial charge in [-0.15, -0.1) is 0 Å². The summed E-state index contributed by atoms with van der Waals surface area (Å²) in [7, 11) is 0. The second-order valence-electron chi connectivity index (χ2n) is 6.71. The lowest BCUT2D eigenvalue weighted by atomic mass is 9.84. The van der Waals surface area contributed by atoms with E-state index in [0.717, 1.165) is 11.3 Å². The summed E-state index contributed by atoms with van der Waals surface area (Å²) in [5.41, 5.74) is 2.28. The van der Waals surface area contributed by atoms with Crippen molar-refractivity contribution in [1.82, 2.24) is 10.1 Å². The highest BCUT2D eigenvalue weighted by Gasteiger charge is 2.15. The van der Waals surface area contributed by atoms with E-state index < -0.39 is 0 Å². The Morgan fingerprint density at radius 3 is 2.42 bits per heavy atom. The van der Waals surface area contributed by atoms with E-state index in [2.05, 4.69) is 22.3 Å². The summed E-state index contributed by atoms with van der Waals surface area (Å²) in [4.78, 5) is 4.37. The number of aromatic nitrogens is 2. The van der Waals surface area contributed by atoms with E-state index in [9.17, 15) is 0 Å². The maximum absolute atomic E-state index is 5.90. The first-order valence-electron chi connectivity index (χ1n) is 9.09. The van der Waals surface area contributed by atoms with Gasteiger partial charge in [0.2, 0.25) is 5.82 Å². The van der Waals surface area contributed by atoms with E-state index in [1.54, 1.807) is 12.1 Å². The molecule has 0 aliphatic heterocycles. The average molecular weight is 369 g/mol. The molecule has 0 saturated heterocycles. The zero-order chi connectivity index (χ0) is 17.8. The Kier molecular flexibility index (Phi) is 5.21. The minimum absolute atomic E-state index is 0.253. The van der Waals surface area contributed by atoms with E-state index >= 15 is 0 Å². The Morgan fingerprint density at radius 2 is 1.69 bits per heavy atom. The molecule has 0 spiro atoms. The van der Waals surface area contributed by atoms with Crippen LogP contribution in [-0.4, -0.2) is 10.1 Å². The van der Waals surface area contributed by atoms with E-state index in [1.165, 1.54) is 37.7 Å². The standard InChI is InChI=1S/C21H21ClN2O2/c22-18-10-6-17(7-11-18)21-23-20(26-24-21)14-25-19-12-8-16(9-13-19)15-4-2-1-3-5-15/h6-13,15H,1-5,14H2. The average Bonchev–Trinajstić information content (AvgIpc) is 3.17. The van der Waals surface area contributed by atoms with Crippen molar-refractivity contribution >= 4 is 11.6 Å². The molecule has 1 saturated carbocycles. The van der Waals surface area contributed by atoms with Crippen LogP contribution in [0.2, 0.25) is 5.02 Å². The Hall–Kier alpha value is -2.33. The molecule has 1 aliphatic rings. The lowest BCUT2D eigenvalue weighted by Gasteiger charge is -2.22. The van der Waals surface area contributed by atoms with Crippen LogP contribution >= 0.6 is 11.6 Å². The van der Waals surface area contributed by atoms with E-state index in [0.29, 0.717) is 22.7 Å². The third-order valence-electron chi connectivity index (χ3n) is 4.89. The number of hydrogen-bond acceptors (Lipinski definition) is 4. The van der Waals surface area contributed by atoms with Gasteiger partial charge in [0.1, 0.15) is 5.75 Å². The minimum atomic E-state index is 0.253. The zero-order valence-corrected chi connectivity index (χ0v) is 15.3. The third-order valence-corrected chi connectivity index (χ3v) is 5.14. The predicted molar refractivity (Wildman–Crippen MR) is 101 cm³/mol. The maximum atomic E-state index is 5.90. The fourth-order valence-electron chi connectivity index (χ4n) is 3.45. The van der Waals surface area contributed by atoms with Gasteiger partial charge in [0.05, 0.1) is 0 Å². The van der Waals surface area contributed by atoms with E-state index in [-0.39, 0.29) is 6.61 Å². The van der Waals surface area contributed by atoms with Crippen LogP contribution in [0.1, 0.15) is 49.5 Å². The second-order valence-corrected chi connectivity index (χ2v) is 7.15. The molecular formula is C21H21ClN2O2. The number of benzene rings is 2. The number of hydrogen-bond donors (Lipinski definition) is 0. The summed E-state index contributed by atoms with van der Waals surface area (Å²) >= 11 is 5.90. The first kappa shape index (κ1) is 17.1. The lowest BCUT2D eigenvalue weighted by Crippen LogP contribution is -2.04. The van der Waals surface area contributed by atoms with Crippen molar-refractivity contribution in [2.45, 2.75) is 44.6 Å². The van der Waals surface area contributed by atoms with Crippen molar-refractivity contribution in [3.8, 4) is 17.1 Å². The molecule has 0 N–H and O–H groups in total. The first-order chi connectivity index (χ1) is 12.8. The molecule has 26 heavy (non-hydrogen) atoms. The molecular weight excluding hydrogens is 348 g/mol. The number of ether oxygens (including phenoxy) is 1. The van der Waals surface area contributed by atoms with Crippen LogP contribution in [0, 0.1) is 0 Å². The normalized spacial score (nSPS) is 15.1. The van der Waals surface area contributed by atoms with Crippen molar-refractivity contribution in [2.75, 3.05) is 0 Å². The molecule has 0 bridgehead atoms. The molecule has 0 atom stereocenters.